The normalized spacial score (nSPS) is 17.6. The van der Waals surface area contributed by atoms with Crippen LogP contribution in [0.4, 0.5) is 0 Å². The SMILES string of the molecule is COc1ccccc1-c1nc(C2CCCN(C=O)C2)n2ccccc12. The van der Waals surface area contributed by atoms with Crippen molar-refractivity contribution in [3.63, 3.8) is 0 Å². The third-order valence-corrected chi connectivity index (χ3v) is 4.90. The van der Waals surface area contributed by atoms with Crippen LogP contribution in [0.3, 0.4) is 0 Å². The number of likely N-dealkylation sites (tertiary alicyclic amines) is 1. The van der Waals surface area contributed by atoms with Gasteiger partial charge in [-0.3, -0.25) is 4.79 Å². The van der Waals surface area contributed by atoms with E-state index in [1.54, 1.807) is 7.11 Å². The van der Waals surface area contributed by atoms with Crippen molar-refractivity contribution in [2.75, 3.05) is 20.2 Å². The Kier molecular flexibility index (Phi) is 4.14. The maximum atomic E-state index is 11.2. The summed E-state index contributed by atoms with van der Waals surface area (Å²) >= 11 is 0. The van der Waals surface area contributed by atoms with Crippen molar-refractivity contribution in [3.05, 3.63) is 54.5 Å². The Labute approximate surface area is 146 Å². The highest BCUT2D eigenvalue weighted by Gasteiger charge is 2.26. The molecule has 1 amide bonds. The van der Waals surface area contributed by atoms with Gasteiger partial charge in [0.25, 0.3) is 0 Å². The molecule has 25 heavy (non-hydrogen) atoms. The summed E-state index contributed by atoms with van der Waals surface area (Å²) in [6.07, 6.45) is 5.05. The number of carbonyl (C=O) groups is 1. The lowest BCUT2D eigenvalue weighted by atomic mass is 9.97. The molecule has 0 spiro atoms. The van der Waals surface area contributed by atoms with Gasteiger partial charge in [-0.1, -0.05) is 18.2 Å². The number of nitrogens with zero attached hydrogens (tertiary/aromatic N) is 3. The molecular formula is C20H21N3O2. The van der Waals surface area contributed by atoms with Gasteiger partial charge in [0, 0.05) is 30.8 Å². The minimum Gasteiger partial charge on any atom is -0.496 e. The Morgan fingerprint density at radius 3 is 2.88 bits per heavy atom. The average Bonchev–Trinajstić information content (AvgIpc) is 3.07. The van der Waals surface area contributed by atoms with Crippen LogP contribution in [0.1, 0.15) is 24.6 Å². The van der Waals surface area contributed by atoms with E-state index in [1.807, 2.05) is 41.3 Å². The largest absolute Gasteiger partial charge is 0.496 e. The number of rotatable bonds is 4. The molecule has 0 aliphatic carbocycles. The molecule has 1 aromatic carbocycles. The van der Waals surface area contributed by atoms with Crippen LogP contribution in [-0.4, -0.2) is 40.9 Å². The van der Waals surface area contributed by atoms with Crippen LogP contribution in [0.5, 0.6) is 5.75 Å². The number of ether oxygens (including phenoxy) is 1. The number of carbonyl (C=O) groups excluding carboxylic acids is 1. The van der Waals surface area contributed by atoms with Crippen LogP contribution < -0.4 is 4.74 Å². The first-order chi connectivity index (χ1) is 12.3. The highest BCUT2D eigenvalue weighted by Crippen LogP contribution is 2.35. The fourth-order valence-corrected chi connectivity index (χ4v) is 3.70. The van der Waals surface area contributed by atoms with Gasteiger partial charge in [0.15, 0.2) is 0 Å². The second-order valence-electron chi connectivity index (χ2n) is 6.41. The van der Waals surface area contributed by atoms with Crippen LogP contribution in [0.2, 0.25) is 0 Å². The Balaban J connectivity index is 1.86. The molecule has 1 saturated heterocycles. The summed E-state index contributed by atoms with van der Waals surface area (Å²) in [5, 5.41) is 0. The summed E-state index contributed by atoms with van der Waals surface area (Å²) < 4.78 is 7.69. The molecule has 4 rings (SSSR count). The third kappa shape index (κ3) is 2.76. The van der Waals surface area contributed by atoms with Crippen LogP contribution >= 0.6 is 0 Å². The fraction of sp³-hybridized carbons (Fsp3) is 0.300. The number of fused-ring (bicyclic) bond motifs is 1. The van der Waals surface area contributed by atoms with Gasteiger partial charge in [0.2, 0.25) is 6.41 Å². The number of amides is 1. The van der Waals surface area contributed by atoms with E-state index in [9.17, 15) is 4.79 Å². The molecule has 1 aliphatic rings. The lowest BCUT2D eigenvalue weighted by Gasteiger charge is -2.29. The molecule has 0 saturated carbocycles. The number of piperidine rings is 1. The van der Waals surface area contributed by atoms with Crippen molar-refractivity contribution < 1.29 is 9.53 Å². The van der Waals surface area contributed by atoms with E-state index in [-0.39, 0.29) is 5.92 Å². The fourth-order valence-electron chi connectivity index (χ4n) is 3.70. The van der Waals surface area contributed by atoms with Crippen molar-refractivity contribution in [1.29, 1.82) is 0 Å². The van der Waals surface area contributed by atoms with Crippen LogP contribution in [-0.2, 0) is 4.79 Å². The first kappa shape index (κ1) is 15.7. The minimum absolute atomic E-state index is 0.248. The Morgan fingerprint density at radius 2 is 2.04 bits per heavy atom. The smallest absolute Gasteiger partial charge is 0.209 e. The zero-order chi connectivity index (χ0) is 17.2. The number of methoxy groups -OCH3 is 1. The molecule has 1 fully saturated rings. The zero-order valence-corrected chi connectivity index (χ0v) is 14.3. The van der Waals surface area contributed by atoms with Gasteiger partial charge < -0.3 is 14.0 Å². The molecule has 1 atom stereocenters. The Bertz CT molecular complexity index is 903. The number of benzene rings is 1. The van der Waals surface area contributed by atoms with Gasteiger partial charge in [0.05, 0.1) is 12.6 Å². The number of hydrogen-bond acceptors (Lipinski definition) is 3. The Morgan fingerprint density at radius 1 is 1.20 bits per heavy atom. The van der Waals surface area contributed by atoms with Crippen molar-refractivity contribution >= 4 is 11.9 Å². The van der Waals surface area contributed by atoms with Crippen LogP contribution in [0.25, 0.3) is 16.8 Å². The molecule has 2 aromatic heterocycles. The minimum atomic E-state index is 0.248. The molecule has 1 aliphatic heterocycles. The Hall–Kier alpha value is -2.82. The highest BCUT2D eigenvalue weighted by atomic mass is 16.5. The van der Waals surface area contributed by atoms with E-state index >= 15 is 0 Å². The second-order valence-corrected chi connectivity index (χ2v) is 6.41. The summed E-state index contributed by atoms with van der Waals surface area (Å²) in [6.45, 7) is 1.56. The van der Waals surface area contributed by atoms with E-state index in [4.69, 9.17) is 9.72 Å². The predicted molar refractivity (Wildman–Crippen MR) is 96.8 cm³/mol. The molecule has 5 heteroatoms. The second kappa shape index (κ2) is 6.59. The summed E-state index contributed by atoms with van der Waals surface area (Å²) in [7, 11) is 1.68. The van der Waals surface area contributed by atoms with Crippen LogP contribution in [0.15, 0.2) is 48.7 Å². The number of aromatic nitrogens is 2. The summed E-state index contributed by atoms with van der Waals surface area (Å²) in [4.78, 5) is 18.0. The van der Waals surface area contributed by atoms with E-state index in [2.05, 4.69) is 16.7 Å². The number of imidazole rings is 1. The molecule has 0 bridgehead atoms. The number of para-hydroxylation sites is 1. The van der Waals surface area contributed by atoms with E-state index in [1.165, 1.54) is 0 Å². The maximum absolute atomic E-state index is 11.2. The standard InChI is InChI=1S/C20H21N3O2/c1-25-18-10-3-2-8-16(18)19-17-9-4-5-12-23(17)20(21-19)15-7-6-11-22(13-15)14-24/h2-5,8-10,12,14-15H,6-7,11,13H2,1H3. The van der Waals surface area contributed by atoms with Gasteiger partial charge in [0.1, 0.15) is 17.3 Å². The monoisotopic (exact) mass is 335 g/mol. The molecule has 3 aromatic rings. The third-order valence-electron chi connectivity index (χ3n) is 4.90. The van der Waals surface area contributed by atoms with Gasteiger partial charge in [-0.05, 0) is 37.1 Å². The lowest BCUT2D eigenvalue weighted by Crippen LogP contribution is -2.33. The van der Waals surface area contributed by atoms with Gasteiger partial charge in [-0.2, -0.15) is 0 Å². The number of hydrogen-bond donors (Lipinski definition) is 0. The van der Waals surface area contributed by atoms with Crippen molar-refractivity contribution in [3.8, 4) is 17.0 Å². The lowest BCUT2D eigenvalue weighted by molar-refractivity contribution is -0.119. The molecule has 3 heterocycles. The molecule has 128 valence electrons. The first-order valence-corrected chi connectivity index (χ1v) is 8.61. The average molecular weight is 335 g/mol. The molecular weight excluding hydrogens is 314 g/mol. The predicted octanol–water partition coefficient (Wildman–Crippen LogP) is 3.35. The molecule has 1 unspecified atom stereocenters. The summed E-state index contributed by atoms with van der Waals surface area (Å²) in [6, 6.07) is 14.1. The zero-order valence-electron chi connectivity index (χ0n) is 14.3. The summed E-state index contributed by atoms with van der Waals surface area (Å²) in [5.41, 5.74) is 2.98. The van der Waals surface area contributed by atoms with Crippen molar-refractivity contribution in [2.45, 2.75) is 18.8 Å². The quantitative estimate of drug-likeness (QED) is 0.687. The molecule has 5 nitrogen and oxygen atoms in total. The summed E-state index contributed by atoms with van der Waals surface area (Å²) in [5.74, 6) is 2.08. The van der Waals surface area contributed by atoms with Crippen molar-refractivity contribution in [2.24, 2.45) is 0 Å². The first-order valence-electron chi connectivity index (χ1n) is 8.61. The maximum Gasteiger partial charge on any atom is 0.209 e. The van der Waals surface area contributed by atoms with Crippen molar-refractivity contribution in [1.82, 2.24) is 14.3 Å². The highest BCUT2D eigenvalue weighted by molar-refractivity contribution is 5.81. The van der Waals surface area contributed by atoms with E-state index in [0.717, 1.165) is 60.7 Å². The molecule has 0 N–H and O–H groups in total. The van der Waals surface area contributed by atoms with Gasteiger partial charge in [-0.25, -0.2) is 4.98 Å². The number of pyridine rings is 1. The topological polar surface area (TPSA) is 46.8 Å². The van der Waals surface area contributed by atoms with E-state index in [0.29, 0.717) is 0 Å². The van der Waals surface area contributed by atoms with Gasteiger partial charge in [-0.15, -0.1) is 0 Å². The van der Waals surface area contributed by atoms with Gasteiger partial charge >= 0.3 is 0 Å². The molecule has 0 radical (unpaired) electrons. The van der Waals surface area contributed by atoms with Crippen LogP contribution in [0, 0.1) is 0 Å². The van der Waals surface area contributed by atoms with E-state index < -0.39 is 0 Å².